The molecule has 0 spiro atoms. The number of rotatable bonds is 3. The van der Waals surface area contributed by atoms with Crippen molar-refractivity contribution in [2.45, 2.75) is 6.92 Å². The maximum absolute atomic E-state index is 12.8. The van der Waals surface area contributed by atoms with Crippen LogP contribution in [0.1, 0.15) is 16.2 Å². The second-order valence-electron chi connectivity index (χ2n) is 5.61. The predicted molar refractivity (Wildman–Crippen MR) is 93.1 cm³/mol. The van der Waals surface area contributed by atoms with Crippen LogP contribution >= 0.6 is 0 Å². The van der Waals surface area contributed by atoms with Gasteiger partial charge in [0.05, 0.1) is 17.3 Å². The molecule has 1 amide bonds. The number of hydrogen-bond acceptors (Lipinski definition) is 5. The number of hydrogen-bond donors (Lipinski definition) is 1. The molecule has 0 aliphatic carbocycles. The molecule has 1 aromatic carbocycles. The van der Waals surface area contributed by atoms with Crippen LogP contribution < -0.4 is 5.32 Å². The SMILES string of the molecule is Cc1nc(NC(=O)c2cc(-c3ccco3)nc3ccccc23)nn1C. The Hall–Kier alpha value is -3.48. The standard InChI is InChI=1S/C18H15N5O2/c1-11-19-18(22-23(11)2)21-17(24)13-10-15(16-8-5-9-25-16)20-14-7-4-3-6-12(13)14/h3-10H,1-2H3,(H,21,22,24). The van der Waals surface area contributed by atoms with Crippen molar-refractivity contribution in [1.82, 2.24) is 19.7 Å². The van der Waals surface area contributed by atoms with Crippen LogP contribution in [0.15, 0.2) is 53.1 Å². The fourth-order valence-electron chi connectivity index (χ4n) is 2.60. The van der Waals surface area contributed by atoms with Gasteiger partial charge in [0.15, 0.2) is 5.76 Å². The quantitative estimate of drug-likeness (QED) is 0.622. The largest absolute Gasteiger partial charge is 0.463 e. The molecule has 0 aliphatic heterocycles. The van der Waals surface area contributed by atoms with E-state index in [-0.39, 0.29) is 11.9 Å². The topological polar surface area (TPSA) is 85.8 Å². The van der Waals surface area contributed by atoms with Crippen LogP contribution in [0.4, 0.5) is 5.95 Å². The Morgan fingerprint density at radius 3 is 2.72 bits per heavy atom. The first kappa shape index (κ1) is 15.1. The lowest BCUT2D eigenvalue weighted by Gasteiger charge is -2.08. The third-order valence-electron chi connectivity index (χ3n) is 3.94. The van der Waals surface area contributed by atoms with Crippen molar-refractivity contribution < 1.29 is 9.21 Å². The Bertz CT molecular complexity index is 1050. The number of amides is 1. The highest BCUT2D eigenvalue weighted by Crippen LogP contribution is 2.25. The van der Waals surface area contributed by atoms with Crippen LogP contribution in [0.2, 0.25) is 0 Å². The van der Waals surface area contributed by atoms with Crippen molar-refractivity contribution in [1.29, 1.82) is 0 Å². The molecule has 124 valence electrons. The fraction of sp³-hybridized carbons (Fsp3) is 0.111. The zero-order chi connectivity index (χ0) is 17.4. The number of aromatic nitrogens is 4. The van der Waals surface area contributed by atoms with E-state index in [9.17, 15) is 4.79 Å². The minimum atomic E-state index is -0.294. The highest BCUT2D eigenvalue weighted by molar-refractivity contribution is 6.12. The number of nitrogens with zero attached hydrogens (tertiary/aromatic N) is 4. The van der Waals surface area contributed by atoms with Crippen LogP contribution in [0.5, 0.6) is 0 Å². The van der Waals surface area contributed by atoms with E-state index in [1.54, 1.807) is 30.1 Å². The van der Waals surface area contributed by atoms with Gasteiger partial charge in [0.2, 0.25) is 5.95 Å². The maximum Gasteiger partial charge on any atom is 0.258 e. The van der Waals surface area contributed by atoms with Gasteiger partial charge in [-0.05, 0) is 31.2 Å². The second-order valence-corrected chi connectivity index (χ2v) is 5.61. The number of anilines is 1. The van der Waals surface area contributed by atoms with Gasteiger partial charge in [-0.2, -0.15) is 4.98 Å². The van der Waals surface area contributed by atoms with Crippen molar-refractivity contribution in [2.24, 2.45) is 7.05 Å². The number of carbonyl (C=O) groups is 1. The van der Waals surface area contributed by atoms with E-state index >= 15 is 0 Å². The summed E-state index contributed by atoms with van der Waals surface area (Å²) in [4.78, 5) is 21.6. The van der Waals surface area contributed by atoms with Crippen molar-refractivity contribution in [3.63, 3.8) is 0 Å². The average Bonchev–Trinajstić information content (AvgIpc) is 3.24. The molecule has 0 fully saturated rings. The van der Waals surface area contributed by atoms with Crippen molar-refractivity contribution in [3.8, 4) is 11.5 Å². The summed E-state index contributed by atoms with van der Waals surface area (Å²) in [5.74, 6) is 1.29. The lowest BCUT2D eigenvalue weighted by atomic mass is 10.1. The maximum atomic E-state index is 12.8. The van der Waals surface area contributed by atoms with Gasteiger partial charge in [-0.15, -0.1) is 5.10 Å². The number of pyridine rings is 1. The minimum absolute atomic E-state index is 0.269. The summed E-state index contributed by atoms with van der Waals surface area (Å²) in [7, 11) is 1.77. The molecule has 0 saturated heterocycles. The molecule has 25 heavy (non-hydrogen) atoms. The zero-order valence-electron chi connectivity index (χ0n) is 13.7. The number of benzene rings is 1. The molecule has 0 unspecified atom stereocenters. The number of furan rings is 1. The molecule has 4 aromatic rings. The Morgan fingerprint density at radius 1 is 1.16 bits per heavy atom. The molecule has 3 aromatic heterocycles. The van der Waals surface area contributed by atoms with Crippen LogP contribution in [-0.2, 0) is 7.05 Å². The highest BCUT2D eigenvalue weighted by Gasteiger charge is 2.16. The second kappa shape index (κ2) is 5.86. The van der Waals surface area contributed by atoms with E-state index in [4.69, 9.17) is 4.42 Å². The summed E-state index contributed by atoms with van der Waals surface area (Å²) in [5, 5.41) is 7.66. The molecule has 4 rings (SSSR count). The molecular weight excluding hydrogens is 318 g/mol. The molecule has 0 radical (unpaired) electrons. The molecule has 7 heteroatoms. The summed E-state index contributed by atoms with van der Waals surface area (Å²) in [6.07, 6.45) is 1.58. The summed E-state index contributed by atoms with van der Waals surface area (Å²) in [6, 6.07) is 12.8. The van der Waals surface area contributed by atoms with E-state index in [0.29, 0.717) is 28.4 Å². The summed E-state index contributed by atoms with van der Waals surface area (Å²) in [6.45, 7) is 1.82. The number of fused-ring (bicyclic) bond motifs is 1. The zero-order valence-corrected chi connectivity index (χ0v) is 13.7. The fourth-order valence-corrected chi connectivity index (χ4v) is 2.60. The van der Waals surface area contributed by atoms with Gasteiger partial charge in [0, 0.05) is 12.4 Å². The Labute approximate surface area is 143 Å². The van der Waals surface area contributed by atoms with Gasteiger partial charge >= 0.3 is 0 Å². The summed E-state index contributed by atoms with van der Waals surface area (Å²) >= 11 is 0. The van der Waals surface area contributed by atoms with Gasteiger partial charge in [-0.1, -0.05) is 18.2 Å². The monoisotopic (exact) mass is 333 g/mol. The van der Waals surface area contributed by atoms with E-state index < -0.39 is 0 Å². The molecule has 0 bridgehead atoms. The van der Waals surface area contributed by atoms with Crippen LogP contribution in [0.3, 0.4) is 0 Å². The van der Waals surface area contributed by atoms with E-state index in [0.717, 1.165) is 5.39 Å². The van der Waals surface area contributed by atoms with Crippen molar-refractivity contribution >= 4 is 22.8 Å². The van der Waals surface area contributed by atoms with Crippen molar-refractivity contribution in [2.75, 3.05) is 5.32 Å². The first-order valence-electron chi connectivity index (χ1n) is 7.74. The first-order valence-corrected chi connectivity index (χ1v) is 7.74. The first-order chi connectivity index (χ1) is 12.1. The smallest absolute Gasteiger partial charge is 0.258 e. The lowest BCUT2D eigenvalue weighted by molar-refractivity contribution is 0.102. The number of aryl methyl sites for hydroxylation is 2. The molecule has 7 nitrogen and oxygen atoms in total. The van der Waals surface area contributed by atoms with Gasteiger partial charge in [-0.3, -0.25) is 14.8 Å². The predicted octanol–water partition coefficient (Wildman–Crippen LogP) is 3.18. The Kier molecular flexibility index (Phi) is 3.53. The Balaban J connectivity index is 1.80. The van der Waals surface area contributed by atoms with E-state index in [2.05, 4.69) is 20.4 Å². The van der Waals surface area contributed by atoms with Crippen LogP contribution in [0, 0.1) is 6.92 Å². The highest BCUT2D eigenvalue weighted by atomic mass is 16.3. The molecule has 0 atom stereocenters. The molecular formula is C18H15N5O2. The molecule has 1 N–H and O–H groups in total. The number of para-hydroxylation sites is 1. The number of nitrogens with one attached hydrogen (secondary N) is 1. The Morgan fingerprint density at radius 2 is 2.00 bits per heavy atom. The minimum Gasteiger partial charge on any atom is -0.463 e. The van der Waals surface area contributed by atoms with Gasteiger partial charge < -0.3 is 4.42 Å². The van der Waals surface area contributed by atoms with Crippen LogP contribution in [-0.4, -0.2) is 25.7 Å². The van der Waals surface area contributed by atoms with E-state index in [1.807, 2.05) is 37.3 Å². The van der Waals surface area contributed by atoms with E-state index in [1.165, 1.54) is 0 Å². The molecule has 0 aliphatic rings. The lowest BCUT2D eigenvalue weighted by Crippen LogP contribution is -2.14. The third-order valence-corrected chi connectivity index (χ3v) is 3.94. The normalized spacial score (nSPS) is 11.0. The molecule has 3 heterocycles. The molecule has 0 saturated carbocycles. The van der Waals surface area contributed by atoms with Gasteiger partial charge in [0.1, 0.15) is 11.5 Å². The average molecular weight is 333 g/mol. The number of carbonyl (C=O) groups excluding carboxylic acids is 1. The van der Waals surface area contributed by atoms with Gasteiger partial charge in [-0.25, -0.2) is 4.98 Å². The third kappa shape index (κ3) is 2.76. The summed E-state index contributed by atoms with van der Waals surface area (Å²) in [5.41, 5.74) is 1.80. The van der Waals surface area contributed by atoms with Crippen LogP contribution in [0.25, 0.3) is 22.4 Å². The van der Waals surface area contributed by atoms with Gasteiger partial charge in [0.25, 0.3) is 5.91 Å². The summed E-state index contributed by atoms with van der Waals surface area (Å²) < 4.78 is 7.02. The van der Waals surface area contributed by atoms with Crippen molar-refractivity contribution in [3.05, 3.63) is 60.1 Å².